The Bertz CT molecular complexity index is 564. The van der Waals surface area contributed by atoms with Crippen molar-refractivity contribution in [1.29, 1.82) is 0 Å². The molecule has 108 valence electrons. The summed E-state index contributed by atoms with van der Waals surface area (Å²) in [6, 6.07) is 7.92. The quantitative estimate of drug-likeness (QED) is 0.877. The van der Waals surface area contributed by atoms with Gasteiger partial charge in [-0.25, -0.2) is 0 Å². The van der Waals surface area contributed by atoms with E-state index in [0.29, 0.717) is 24.7 Å². The van der Waals surface area contributed by atoms with E-state index in [0.717, 1.165) is 12.2 Å². The SMILES string of the molecule is CCC(C)(N)c1noc(CCOc2cccc(C)c2)n1. The van der Waals surface area contributed by atoms with Crippen LogP contribution in [0, 0.1) is 6.92 Å². The van der Waals surface area contributed by atoms with Crippen LogP contribution in [0.3, 0.4) is 0 Å². The first-order chi connectivity index (χ1) is 9.51. The molecule has 2 N–H and O–H groups in total. The molecule has 0 aliphatic carbocycles. The summed E-state index contributed by atoms with van der Waals surface area (Å²) in [6.07, 6.45) is 1.33. The highest BCUT2D eigenvalue weighted by Crippen LogP contribution is 2.18. The van der Waals surface area contributed by atoms with E-state index < -0.39 is 5.54 Å². The van der Waals surface area contributed by atoms with Gasteiger partial charge in [0.05, 0.1) is 18.6 Å². The third kappa shape index (κ3) is 3.57. The zero-order chi connectivity index (χ0) is 14.6. The Morgan fingerprint density at radius 3 is 2.90 bits per heavy atom. The summed E-state index contributed by atoms with van der Waals surface area (Å²) in [4.78, 5) is 4.32. The molecule has 5 heteroatoms. The minimum atomic E-state index is -0.543. The molecule has 1 unspecified atom stereocenters. The molecule has 0 aliphatic heterocycles. The highest BCUT2D eigenvalue weighted by molar-refractivity contribution is 5.27. The molecule has 5 nitrogen and oxygen atoms in total. The van der Waals surface area contributed by atoms with Crippen molar-refractivity contribution in [1.82, 2.24) is 10.1 Å². The third-order valence-electron chi connectivity index (χ3n) is 3.29. The molecule has 0 spiro atoms. The molecule has 1 atom stereocenters. The second-order valence-electron chi connectivity index (χ2n) is 5.20. The van der Waals surface area contributed by atoms with E-state index in [2.05, 4.69) is 10.1 Å². The average Bonchev–Trinajstić information content (AvgIpc) is 2.88. The smallest absolute Gasteiger partial charge is 0.230 e. The molecular formula is C15H21N3O2. The maximum Gasteiger partial charge on any atom is 0.230 e. The number of ether oxygens (including phenoxy) is 1. The van der Waals surface area contributed by atoms with Crippen molar-refractivity contribution in [3.63, 3.8) is 0 Å². The second-order valence-corrected chi connectivity index (χ2v) is 5.20. The normalized spacial score (nSPS) is 14.0. The van der Waals surface area contributed by atoms with E-state index in [9.17, 15) is 0 Å². The highest BCUT2D eigenvalue weighted by atomic mass is 16.5. The molecule has 0 saturated carbocycles. The van der Waals surface area contributed by atoms with Crippen LogP contribution in [0.1, 0.15) is 37.5 Å². The van der Waals surface area contributed by atoms with E-state index in [4.69, 9.17) is 15.0 Å². The van der Waals surface area contributed by atoms with Crippen molar-refractivity contribution in [3.8, 4) is 5.75 Å². The Kier molecular flexibility index (Phi) is 4.39. The Labute approximate surface area is 119 Å². The number of hydrogen-bond acceptors (Lipinski definition) is 5. The van der Waals surface area contributed by atoms with Gasteiger partial charge in [-0.1, -0.05) is 24.2 Å². The third-order valence-corrected chi connectivity index (χ3v) is 3.29. The fourth-order valence-electron chi connectivity index (χ4n) is 1.71. The largest absolute Gasteiger partial charge is 0.493 e. The Hall–Kier alpha value is -1.88. The second kappa shape index (κ2) is 6.05. The van der Waals surface area contributed by atoms with Crippen LogP contribution in [-0.2, 0) is 12.0 Å². The highest BCUT2D eigenvalue weighted by Gasteiger charge is 2.25. The van der Waals surface area contributed by atoms with Crippen LogP contribution in [0.15, 0.2) is 28.8 Å². The van der Waals surface area contributed by atoms with Crippen LogP contribution in [0.25, 0.3) is 0 Å². The number of hydrogen-bond donors (Lipinski definition) is 1. The summed E-state index contributed by atoms with van der Waals surface area (Å²) in [5.41, 5.74) is 6.70. The molecule has 2 rings (SSSR count). The van der Waals surface area contributed by atoms with Crippen molar-refractivity contribution in [2.24, 2.45) is 5.73 Å². The van der Waals surface area contributed by atoms with E-state index in [1.807, 2.05) is 45.0 Å². The van der Waals surface area contributed by atoms with Gasteiger partial charge >= 0.3 is 0 Å². The standard InChI is InChI=1S/C15H21N3O2/c1-4-15(3,16)14-17-13(20-18-14)8-9-19-12-7-5-6-11(2)10-12/h5-7,10H,4,8-9,16H2,1-3H3. The van der Waals surface area contributed by atoms with Gasteiger partial charge in [0, 0.05) is 0 Å². The zero-order valence-corrected chi connectivity index (χ0v) is 12.2. The van der Waals surface area contributed by atoms with Crippen LogP contribution in [0.2, 0.25) is 0 Å². The molecular weight excluding hydrogens is 254 g/mol. The molecule has 1 heterocycles. The van der Waals surface area contributed by atoms with Crippen molar-refractivity contribution in [2.75, 3.05) is 6.61 Å². The first-order valence-electron chi connectivity index (χ1n) is 6.82. The lowest BCUT2D eigenvalue weighted by Gasteiger charge is -2.16. The van der Waals surface area contributed by atoms with Crippen LogP contribution in [0.4, 0.5) is 0 Å². The fraction of sp³-hybridized carbons (Fsp3) is 0.467. The van der Waals surface area contributed by atoms with Gasteiger partial charge in [-0.05, 0) is 38.0 Å². The summed E-state index contributed by atoms with van der Waals surface area (Å²) in [6.45, 7) is 6.42. The summed E-state index contributed by atoms with van der Waals surface area (Å²) < 4.78 is 10.8. The van der Waals surface area contributed by atoms with Gasteiger partial charge in [-0.15, -0.1) is 0 Å². The maximum absolute atomic E-state index is 6.07. The predicted molar refractivity (Wildman–Crippen MR) is 76.5 cm³/mol. The van der Waals surface area contributed by atoms with Crippen molar-refractivity contribution < 1.29 is 9.26 Å². The van der Waals surface area contributed by atoms with Gasteiger partial charge in [-0.3, -0.25) is 0 Å². The number of nitrogens with two attached hydrogens (primary N) is 1. The lowest BCUT2D eigenvalue weighted by Crippen LogP contribution is -2.33. The van der Waals surface area contributed by atoms with E-state index in [-0.39, 0.29) is 0 Å². The van der Waals surface area contributed by atoms with Crippen LogP contribution >= 0.6 is 0 Å². The Morgan fingerprint density at radius 2 is 2.20 bits per heavy atom. The molecule has 0 radical (unpaired) electrons. The first-order valence-corrected chi connectivity index (χ1v) is 6.82. The zero-order valence-electron chi connectivity index (χ0n) is 12.2. The summed E-state index contributed by atoms with van der Waals surface area (Å²) in [7, 11) is 0. The predicted octanol–water partition coefficient (Wildman–Crippen LogP) is 2.58. The van der Waals surface area contributed by atoms with E-state index in [1.54, 1.807) is 0 Å². The van der Waals surface area contributed by atoms with Crippen molar-refractivity contribution in [2.45, 2.75) is 39.2 Å². The van der Waals surface area contributed by atoms with Gasteiger partial charge in [0.25, 0.3) is 0 Å². The number of rotatable bonds is 6. The number of aromatic nitrogens is 2. The van der Waals surface area contributed by atoms with Crippen LogP contribution in [0.5, 0.6) is 5.75 Å². The lowest BCUT2D eigenvalue weighted by atomic mass is 10.0. The minimum Gasteiger partial charge on any atom is -0.493 e. The molecule has 0 fully saturated rings. The first kappa shape index (κ1) is 14.5. The number of nitrogens with zero attached hydrogens (tertiary/aromatic N) is 2. The molecule has 0 aliphatic rings. The van der Waals surface area contributed by atoms with E-state index in [1.165, 1.54) is 5.56 Å². The Balaban J connectivity index is 1.89. The lowest BCUT2D eigenvalue weighted by molar-refractivity contribution is 0.290. The van der Waals surface area contributed by atoms with Gasteiger partial charge < -0.3 is 15.0 Å². The molecule has 0 amide bonds. The molecule has 0 bridgehead atoms. The molecule has 1 aromatic carbocycles. The monoisotopic (exact) mass is 275 g/mol. The Morgan fingerprint density at radius 1 is 1.40 bits per heavy atom. The molecule has 1 aromatic heterocycles. The van der Waals surface area contributed by atoms with Crippen molar-refractivity contribution in [3.05, 3.63) is 41.5 Å². The topological polar surface area (TPSA) is 74.2 Å². The molecule has 2 aromatic rings. The van der Waals surface area contributed by atoms with Crippen molar-refractivity contribution >= 4 is 0 Å². The fourth-order valence-corrected chi connectivity index (χ4v) is 1.71. The number of aryl methyl sites for hydroxylation is 1. The summed E-state index contributed by atoms with van der Waals surface area (Å²) in [5, 5.41) is 3.93. The molecule has 20 heavy (non-hydrogen) atoms. The average molecular weight is 275 g/mol. The van der Waals surface area contributed by atoms with Gasteiger partial charge in [0.2, 0.25) is 5.89 Å². The minimum absolute atomic E-state index is 0.499. The summed E-state index contributed by atoms with van der Waals surface area (Å²) >= 11 is 0. The maximum atomic E-state index is 6.07. The van der Waals surface area contributed by atoms with Gasteiger partial charge in [0.15, 0.2) is 5.82 Å². The van der Waals surface area contributed by atoms with Gasteiger partial charge in [-0.2, -0.15) is 4.98 Å². The number of benzene rings is 1. The van der Waals surface area contributed by atoms with Gasteiger partial charge in [0.1, 0.15) is 5.75 Å². The molecule has 0 saturated heterocycles. The van der Waals surface area contributed by atoms with Crippen LogP contribution < -0.4 is 10.5 Å². The van der Waals surface area contributed by atoms with Crippen LogP contribution in [-0.4, -0.2) is 16.7 Å². The summed E-state index contributed by atoms with van der Waals surface area (Å²) in [5.74, 6) is 1.95. The van der Waals surface area contributed by atoms with E-state index >= 15 is 0 Å².